The van der Waals surface area contributed by atoms with Crippen LogP contribution in [-0.4, -0.2) is 18.0 Å². The highest BCUT2D eigenvalue weighted by Gasteiger charge is 2.35. The number of benzene rings is 1. The van der Waals surface area contributed by atoms with Gasteiger partial charge in [-0.1, -0.05) is 6.07 Å². The van der Waals surface area contributed by atoms with Gasteiger partial charge in [-0.05, 0) is 50.9 Å². The molecular weight excluding hydrogens is 219 g/mol. The predicted molar refractivity (Wildman–Crippen MR) is 65.4 cm³/mol. The van der Waals surface area contributed by atoms with Gasteiger partial charge < -0.3 is 10.6 Å². The van der Waals surface area contributed by atoms with Crippen molar-refractivity contribution in [2.75, 3.05) is 11.9 Å². The van der Waals surface area contributed by atoms with Crippen LogP contribution in [0.4, 0.5) is 10.1 Å². The largest absolute Gasteiger partial charge is 0.324 e. The third kappa shape index (κ3) is 2.47. The van der Waals surface area contributed by atoms with Crippen LogP contribution in [0.3, 0.4) is 0 Å². The number of hydrogen-bond acceptors (Lipinski definition) is 2. The molecule has 1 saturated heterocycles. The van der Waals surface area contributed by atoms with Gasteiger partial charge in [0.05, 0.1) is 5.54 Å². The molecule has 0 saturated carbocycles. The molecule has 3 nitrogen and oxygen atoms in total. The molecule has 1 aromatic carbocycles. The van der Waals surface area contributed by atoms with E-state index in [1.54, 1.807) is 19.1 Å². The zero-order valence-corrected chi connectivity index (χ0v) is 10.1. The highest BCUT2D eigenvalue weighted by Crippen LogP contribution is 2.21. The van der Waals surface area contributed by atoms with Crippen molar-refractivity contribution in [3.05, 3.63) is 29.6 Å². The Bertz CT molecular complexity index is 439. The van der Waals surface area contributed by atoms with Gasteiger partial charge >= 0.3 is 0 Å². The van der Waals surface area contributed by atoms with E-state index in [1.807, 2.05) is 6.92 Å². The van der Waals surface area contributed by atoms with E-state index in [0.29, 0.717) is 11.3 Å². The van der Waals surface area contributed by atoms with E-state index < -0.39 is 5.54 Å². The van der Waals surface area contributed by atoms with Crippen LogP contribution in [0.1, 0.15) is 25.3 Å². The zero-order chi connectivity index (χ0) is 12.5. The van der Waals surface area contributed by atoms with Gasteiger partial charge in [-0.25, -0.2) is 4.39 Å². The number of aryl methyl sites for hydroxylation is 1. The first-order valence-corrected chi connectivity index (χ1v) is 5.84. The van der Waals surface area contributed by atoms with Crippen LogP contribution in [0.5, 0.6) is 0 Å². The summed E-state index contributed by atoms with van der Waals surface area (Å²) in [5.74, 6) is -0.398. The Kier molecular flexibility index (Phi) is 3.15. The van der Waals surface area contributed by atoms with Crippen LogP contribution in [-0.2, 0) is 4.79 Å². The Morgan fingerprint density at radius 2 is 2.29 bits per heavy atom. The molecule has 1 heterocycles. The highest BCUT2D eigenvalue weighted by atomic mass is 19.1. The minimum Gasteiger partial charge on any atom is -0.324 e. The zero-order valence-electron chi connectivity index (χ0n) is 10.1. The maximum absolute atomic E-state index is 13.3. The molecule has 1 aliphatic rings. The molecule has 92 valence electrons. The van der Waals surface area contributed by atoms with E-state index in [0.717, 1.165) is 19.4 Å². The molecule has 0 bridgehead atoms. The van der Waals surface area contributed by atoms with Gasteiger partial charge in [0.2, 0.25) is 5.91 Å². The fraction of sp³-hybridized carbons (Fsp3) is 0.462. The third-order valence-corrected chi connectivity index (χ3v) is 3.30. The quantitative estimate of drug-likeness (QED) is 0.826. The first kappa shape index (κ1) is 12.0. The molecule has 0 aliphatic carbocycles. The molecule has 0 spiro atoms. The maximum atomic E-state index is 13.3. The van der Waals surface area contributed by atoms with Gasteiger partial charge in [0, 0.05) is 5.69 Å². The molecule has 17 heavy (non-hydrogen) atoms. The van der Waals surface area contributed by atoms with Crippen molar-refractivity contribution in [2.45, 2.75) is 32.2 Å². The van der Waals surface area contributed by atoms with Gasteiger partial charge in [0.15, 0.2) is 0 Å². The van der Waals surface area contributed by atoms with Crippen LogP contribution in [0.2, 0.25) is 0 Å². The standard InChI is InChI=1S/C13H17FN2O/c1-9-4-5-10(8-11(9)14)16-12(17)13(2)6-3-7-15-13/h4-5,8,15H,3,6-7H2,1-2H3,(H,16,17). The molecule has 2 rings (SSSR count). The molecule has 1 aliphatic heterocycles. The van der Waals surface area contributed by atoms with Crippen molar-refractivity contribution in [3.63, 3.8) is 0 Å². The third-order valence-electron chi connectivity index (χ3n) is 3.30. The average molecular weight is 236 g/mol. The lowest BCUT2D eigenvalue weighted by molar-refractivity contribution is -0.121. The predicted octanol–water partition coefficient (Wildman–Crippen LogP) is 2.21. The number of rotatable bonds is 2. The van der Waals surface area contributed by atoms with Crippen molar-refractivity contribution in [1.82, 2.24) is 5.32 Å². The Morgan fingerprint density at radius 3 is 2.88 bits per heavy atom. The summed E-state index contributed by atoms with van der Waals surface area (Å²) in [7, 11) is 0. The minimum atomic E-state index is -0.526. The summed E-state index contributed by atoms with van der Waals surface area (Å²) in [6.07, 6.45) is 1.80. The fourth-order valence-electron chi connectivity index (χ4n) is 2.03. The van der Waals surface area contributed by atoms with E-state index in [2.05, 4.69) is 10.6 Å². The number of carbonyl (C=O) groups excluding carboxylic acids is 1. The van der Waals surface area contributed by atoms with Gasteiger partial charge in [-0.3, -0.25) is 4.79 Å². The normalized spacial score (nSPS) is 23.7. The lowest BCUT2D eigenvalue weighted by Gasteiger charge is -2.23. The van der Waals surface area contributed by atoms with Crippen LogP contribution in [0.15, 0.2) is 18.2 Å². The summed E-state index contributed by atoms with van der Waals surface area (Å²) in [6.45, 7) is 4.42. The summed E-state index contributed by atoms with van der Waals surface area (Å²) in [6, 6.07) is 4.73. The Morgan fingerprint density at radius 1 is 1.53 bits per heavy atom. The SMILES string of the molecule is Cc1ccc(NC(=O)C2(C)CCCN2)cc1F. The number of carbonyl (C=O) groups is 1. The van der Waals surface area contributed by atoms with Crippen molar-refractivity contribution in [1.29, 1.82) is 0 Å². The molecular formula is C13H17FN2O. The summed E-state index contributed by atoms with van der Waals surface area (Å²) in [5, 5.41) is 5.92. The minimum absolute atomic E-state index is 0.0988. The Balaban J connectivity index is 2.10. The van der Waals surface area contributed by atoms with Crippen LogP contribution in [0.25, 0.3) is 0 Å². The second kappa shape index (κ2) is 4.45. The average Bonchev–Trinajstić information content (AvgIpc) is 2.72. The van der Waals surface area contributed by atoms with E-state index in [4.69, 9.17) is 0 Å². The maximum Gasteiger partial charge on any atom is 0.244 e. The molecule has 1 unspecified atom stereocenters. The molecule has 1 atom stereocenters. The first-order valence-electron chi connectivity index (χ1n) is 5.84. The van der Waals surface area contributed by atoms with Crippen LogP contribution in [0, 0.1) is 12.7 Å². The number of hydrogen-bond donors (Lipinski definition) is 2. The number of amides is 1. The monoisotopic (exact) mass is 236 g/mol. The molecule has 1 fully saturated rings. The van der Waals surface area contributed by atoms with Gasteiger partial charge in [0.1, 0.15) is 5.82 Å². The second-order valence-corrected chi connectivity index (χ2v) is 4.78. The van der Waals surface area contributed by atoms with Crippen molar-refractivity contribution in [2.24, 2.45) is 0 Å². The van der Waals surface area contributed by atoms with Crippen molar-refractivity contribution in [3.8, 4) is 0 Å². The van der Waals surface area contributed by atoms with E-state index in [-0.39, 0.29) is 11.7 Å². The Hall–Kier alpha value is -1.42. The van der Waals surface area contributed by atoms with Crippen LogP contribution >= 0.6 is 0 Å². The van der Waals surface area contributed by atoms with Crippen molar-refractivity contribution < 1.29 is 9.18 Å². The molecule has 1 aromatic rings. The summed E-state index contributed by atoms with van der Waals surface area (Å²) >= 11 is 0. The van der Waals surface area contributed by atoms with E-state index in [1.165, 1.54) is 6.07 Å². The second-order valence-electron chi connectivity index (χ2n) is 4.78. The fourth-order valence-corrected chi connectivity index (χ4v) is 2.03. The summed E-state index contributed by atoms with van der Waals surface area (Å²) in [5.41, 5.74) is 0.558. The number of anilines is 1. The highest BCUT2D eigenvalue weighted by molar-refractivity contribution is 5.98. The number of nitrogens with one attached hydrogen (secondary N) is 2. The lowest BCUT2D eigenvalue weighted by atomic mass is 9.99. The summed E-state index contributed by atoms with van der Waals surface area (Å²) < 4.78 is 13.3. The number of halogens is 1. The van der Waals surface area contributed by atoms with Gasteiger partial charge in [0.25, 0.3) is 0 Å². The van der Waals surface area contributed by atoms with Crippen LogP contribution < -0.4 is 10.6 Å². The topological polar surface area (TPSA) is 41.1 Å². The smallest absolute Gasteiger partial charge is 0.244 e. The Labute approximate surface area is 100 Å². The molecule has 1 amide bonds. The molecule has 0 radical (unpaired) electrons. The lowest BCUT2D eigenvalue weighted by Crippen LogP contribution is -2.47. The van der Waals surface area contributed by atoms with E-state index in [9.17, 15) is 9.18 Å². The first-order chi connectivity index (χ1) is 8.01. The molecule has 0 aromatic heterocycles. The van der Waals surface area contributed by atoms with Gasteiger partial charge in [-0.2, -0.15) is 0 Å². The van der Waals surface area contributed by atoms with Crippen molar-refractivity contribution >= 4 is 11.6 Å². The molecule has 2 N–H and O–H groups in total. The molecule has 4 heteroatoms. The summed E-state index contributed by atoms with van der Waals surface area (Å²) in [4.78, 5) is 12.0. The van der Waals surface area contributed by atoms with E-state index >= 15 is 0 Å². The van der Waals surface area contributed by atoms with Gasteiger partial charge in [-0.15, -0.1) is 0 Å².